The topological polar surface area (TPSA) is 171 Å². The van der Waals surface area contributed by atoms with E-state index in [1.165, 1.54) is 12.3 Å². The third kappa shape index (κ3) is 7.60. The molecule has 1 aromatic carbocycles. The fraction of sp³-hybridized carbons (Fsp3) is 0.303. The van der Waals surface area contributed by atoms with Crippen molar-refractivity contribution in [3.63, 3.8) is 0 Å². The smallest absolute Gasteiger partial charge is 0.278 e. The number of ether oxygens (including phenoxy) is 1. The lowest BCUT2D eigenvalue weighted by Gasteiger charge is -2.16. The number of nitrogens with one attached hydrogen (secondary N) is 4. The fourth-order valence-corrected chi connectivity index (χ4v) is 5.57. The number of pyridine rings is 3. The van der Waals surface area contributed by atoms with Gasteiger partial charge in [0.2, 0.25) is 11.8 Å². The van der Waals surface area contributed by atoms with E-state index >= 15 is 0 Å². The third-order valence-electron chi connectivity index (χ3n) is 7.68. The quantitative estimate of drug-likeness (QED) is 0.118. The monoisotopic (exact) mass is 645 g/mol. The molecule has 1 unspecified atom stereocenters. The number of aromatic hydroxyl groups is 1. The molecule has 2 amide bonds. The zero-order chi connectivity index (χ0) is 32.6. The summed E-state index contributed by atoms with van der Waals surface area (Å²) in [4.78, 5) is 38.0. The van der Waals surface area contributed by atoms with Crippen LogP contribution in [-0.4, -0.2) is 69.8 Å². The van der Waals surface area contributed by atoms with Crippen molar-refractivity contribution in [3.05, 3.63) is 82.3 Å². The Bertz CT molecular complexity index is 1740. The molecule has 0 aliphatic carbocycles. The number of halogens is 1. The fourth-order valence-electron chi connectivity index (χ4n) is 5.26. The van der Waals surface area contributed by atoms with Crippen molar-refractivity contribution in [1.29, 1.82) is 0 Å². The number of aromatic nitrogens is 3. The molecule has 1 aliphatic heterocycles. The molecule has 13 heteroatoms. The number of aliphatic hydroxyl groups excluding tert-OH is 1. The van der Waals surface area contributed by atoms with E-state index in [0.29, 0.717) is 77.3 Å². The van der Waals surface area contributed by atoms with E-state index in [4.69, 9.17) is 26.4 Å². The van der Waals surface area contributed by atoms with Crippen molar-refractivity contribution >= 4 is 29.1 Å². The van der Waals surface area contributed by atoms with Crippen molar-refractivity contribution in [3.8, 4) is 34.1 Å². The summed E-state index contributed by atoms with van der Waals surface area (Å²) < 4.78 is 5.59. The Kier molecular flexibility index (Phi) is 10.8. The Hall–Kier alpha value is -4.62. The second kappa shape index (κ2) is 15.1. The van der Waals surface area contributed by atoms with Crippen LogP contribution >= 0.6 is 11.6 Å². The lowest BCUT2D eigenvalue weighted by molar-refractivity contribution is -0.119. The van der Waals surface area contributed by atoms with Gasteiger partial charge in [0, 0.05) is 73.4 Å². The molecule has 4 heterocycles. The minimum absolute atomic E-state index is 0.00911. The largest absolute Gasteiger partial charge is 0.505 e. The first-order chi connectivity index (χ1) is 22.3. The number of hydrogen-bond donors (Lipinski definition) is 6. The van der Waals surface area contributed by atoms with Crippen LogP contribution in [0.5, 0.6) is 11.6 Å². The molecule has 3 aromatic heterocycles. The van der Waals surface area contributed by atoms with Crippen LogP contribution in [0.1, 0.15) is 40.0 Å². The lowest BCUT2D eigenvalue weighted by atomic mass is 10.0. The molecule has 6 N–H and O–H groups in total. The first kappa shape index (κ1) is 32.8. The first-order valence-electron chi connectivity index (χ1n) is 14.9. The highest BCUT2D eigenvalue weighted by Gasteiger charge is 2.21. The standard InChI is InChI=1S/C33H36ClN7O5/c1-19-23(4-3-5-25(19)40-32(45)31-27(43)14-20(16-38-31)15-35-12-13-42)30-29(34)24(10-11-37-30)26-8-6-21(33(41-26)46-2)17-36-18-22-7-9-28(44)39-22/h3-6,8,10-11,14,16,22,35-36,42-43H,7,9,12-13,15,17-18H2,1-2H3,(H,39,44)(H,40,45). The van der Waals surface area contributed by atoms with Gasteiger partial charge in [-0.05, 0) is 48.7 Å². The molecule has 240 valence electrons. The van der Waals surface area contributed by atoms with Crippen LogP contribution in [0.4, 0.5) is 5.69 Å². The van der Waals surface area contributed by atoms with Gasteiger partial charge in [0.1, 0.15) is 5.75 Å². The van der Waals surface area contributed by atoms with Crippen LogP contribution in [0, 0.1) is 6.92 Å². The van der Waals surface area contributed by atoms with Crippen LogP contribution in [0.25, 0.3) is 22.5 Å². The zero-order valence-electron chi connectivity index (χ0n) is 25.6. The normalized spacial score (nSPS) is 14.3. The van der Waals surface area contributed by atoms with Crippen LogP contribution in [0.2, 0.25) is 5.02 Å². The molecule has 46 heavy (non-hydrogen) atoms. The van der Waals surface area contributed by atoms with E-state index in [0.717, 1.165) is 17.5 Å². The Morgan fingerprint density at radius 3 is 2.72 bits per heavy atom. The van der Waals surface area contributed by atoms with E-state index in [1.54, 1.807) is 31.5 Å². The van der Waals surface area contributed by atoms with Crippen molar-refractivity contribution < 1.29 is 24.5 Å². The molecule has 1 fully saturated rings. The molecule has 0 saturated carbocycles. The Morgan fingerprint density at radius 2 is 1.98 bits per heavy atom. The van der Waals surface area contributed by atoms with Gasteiger partial charge in [0.15, 0.2) is 5.69 Å². The molecule has 1 aliphatic rings. The van der Waals surface area contributed by atoms with E-state index < -0.39 is 5.91 Å². The summed E-state index contributed by atoms with van der Waals surface area (Å²) >= 11 is 6.95. The number of anilines is 1. The van der Waals surface area contributed by atoms with Gasteiger partial charge in [0.05, 0.1) is 30.1 Å². The molecular weight excluding hydrogens is 610 g/mol. The summed E-state index contributed by atoms with van der Waals surface area (Å²) in [6.07, 6.45) is 4.53. The number of aliphatic hydroxyl groups is 1. The number of nitrogens with zero attached hydrogens (tertiary/aromatic N) is 3. The van der Waals surface area contributed by atoms with E-state index in [9.17, 15) is 14.7 Å². The summed E-state index contributed by atoms with van der Waals surface area (Å²) in [6.45, 7) is 3.81. The van der Waals surface area contributed by atoms with E-state index in [-0.39, 0.29) is 30.0 Å². The maximum atomic E-state index is 13.1. The number of methoxy groups -OCH3 is 1. The summed E-state index contributed by atoms with van der Waals surface area (Å²) in [6, 6.07) is 12.6. The van der Waals surface area contributed by atoms with Crippen molar-refractivity contribution in [2.45, 2.75) is 38.9 Å². The Balaban J connectivity index is 1.33. The van der Waals surface area contributed by atoms with Crippen LogP contribution in [0.3, 0.4) is 0 Å². The molecule has 1 atom stereocenters. The van der Waals surface area contributed by atoms with Gasteiger partial charge in [-0.2, -0.15) is 0 Å². The highest BCUT2D eigenvalue weighted by Crippen LogP contribution is 2.38. The number of carbonyl (C=O) groups is 2. The molecule has 0 spiro atoms. The predicted molar refractivity (Wildman–Crippen MR) is 175 cm³/mol. The Morgan fingerprint density at radius 1 is 1.13 bits per heavy atom. The second-order valence-electron chi connectivity index (χ2n) is 10.9. The third-order valence-corrected chi connectivity index (χ3v) is 8.07. The molecule has 12 nitrogen and oxygen atoms in total. The molecule has 1 saturated heterocycles. The number of benzene rings is 1. The summed E-state index contributed by atoms with van der Waals surface area (Å²) in [5.41, 5.74) is 5.15. The summed E-state index contributed by atoms with van der Waals surface area (Å²) in [5.74, 6) is -0.278. The van der Waals surface area contributed by atoms with Crippen LogP contribution in [0.15, 0.2) is 54.9 Å². The van der Waals surface area contributed by atoms with Gasteiger partial charge < -0.3 is 36.2 Å². The van der Waals surface area contributed by atoms with Gasteiger partial charge in [-0.15, -0.1) is 0 Å². The minimum Gasteiger partial charge on any atom is -0.505 e. The lowest BCUT2D eigenvalue weighted by Crippen LogP contribution is -2.35. The number of carbonyl (C=O) groups excluding carboxylic acids is 2. The van der Waals surface area contributed by atoms with Gasteiger partial charge in [0.25, 0.3) is 5.91 Å². The number of amides is 2. The molecule has 0 bridgehead atoms. The molecule has 4 aromatic rings. The molecular formula is C33H36ClN7O5. The van der Waals surface area contributed by atoms with Crippen LogP contribution < -0.4 is 26.0 Å². The van der Waals surface area contributed by atoms with Crippen molar-refractivity contribution in [2.75, 3.05) is 32.1 Å². The predicted octanol–water partition coefficient (Wildman–Crippen LogP) is 3.58. The van der Waals surface area contributed by atoms with Crippen molar-refractivity contribution in [2.24, 2.45) is 0 Å². The molecule has 0 radical (unpaired) electrons. The van der Waals surface area contributed by atoms with Crippen molar-refractivity contribution in [1.82, 2.24) is 30.9 Å². The maximum absolute atomic E-state index is 13.1. The van der Waals surface area contributed by atoms with Crippen LogP contribution in [-0.2, 0) is 17.9 Å². The van der Waals surface area contributed by atoms with Gasteiger partial charge in [-0.25, -0.2) is 9.97 Å². The van der Waals surface area contributed by atoms with Gasteiger partial charge >= 0.3 is 0 Å². The van der Waals surface area contributed by atoms with E-state index in [2.05, 4.69) is 31.2 Å². The average molecular weight is 646 g/mol. The minimum atomic E-state index is -0.570. The van der Waals surface area contributed by atoms with Gasteiger partial charge in [-0.3, -0.25) is 14.6 Å². The number of rotatable bonds is 13. The highest BCUT2D eigenvalue weighted by molar-refractivity contribution is 6.35. The SMILES string of the molecule is COc1nc(-c2ccnc(-c3cccc(NC(=O)c4ncc(CNCCO)cc4O)c3C)c2Cl)ccc1CNCC1CCC(=O)N1. The highest BCUT2D eigenvalue weighted by atomic mass is 35.5. The van der Waals surface area contributed by atoms with E-state index in [1.807, 2.05) is 25.1 Å². The first-order valence-corrected chi connectivity index (χ1v) is 15.3. The number of hydrogen-bond acceptors (Lipinski definition) is 10. The second-order valence-corrected chi connectivity index (χ2v) is 11.2. The van der Waals surface area contributed by atoms with Gasteiger partial charge in [-0.1, -0.05) is 29.8 Å². The summed E-state index contributed by atoms with van der Waals surface area (Å²) in [5, 5.41) is 31.9. The maximum Gasteiger partial charge on any atom is 0.278 e. The average Bonchev–Trinajstić information content (AvgIpc) is 3.47. The molecule has 5 rings (SSSR count). The Labute approximate surface area is 271 Å². The zero-order valence-corrected chi connectivity index (χ0v) is 26.3. The summed E-state index contributed by atoms with van der Waals surface area (Å²) in [7, 11) is 1.57.